The summed E-state index contributed by atoms with van der Waals surface area (Å²) in [5, 5.41) is 0. The van der Waals surface area contributed by atoms with Gasteiger partial charge in [-0.3, -0.25) is 19.4 Å². The number of Topliss-reactive ketones (excluding diaryl/α,β-unsaturated/α-hetero) is 2. The SMILES string of the molecule is C/C=C\CN(CC)CCN(CCC(C)C)CCN(CC(C)=O)CC(C)=O.C=O.CC.CC.CC. The number of ketones is 2. The van der Waals surface area contributed by atoms with Crippen molar-refractivity contribution < 1.29 is 14.4 Å². The fraction of sp³-hybridized carbons (Fsp3) is 0.821. The number of carbonyl (C=O) groups excluding carboxylic acids is 3. The lowest BCUT2D eigenvalue weighted by molar-refractivity contribution is -0.121. The molecule has 6 nitrogen and oxygen atoms in total. The molecule has 0 aromatic heterocycles. The van der Waals surface area contributed by atoms with Crippen molar-refractivity contribution in [3.8, 4) is 0 Å². The van der Waals surface area contributed by atoms with Crippen LogP contribution < -0.4 is 0 Å². The van der Waals surface area contributed by atoms with Crippen LogP contribution in [0.3, 0.4) is 0 Å². The first-order valence-corrected chi connectivity index (χ1v) is 13.3. The third-order valence-electron chi connectivity index (χ3n) is 4.43. The molecule has 0 aliphatic carbocycles. The Balaban J connectivity index is -0.000000314. The van der Waals surface area contributed by atoms with Gasteiger partial charge in [0.15, 0.2) is 0 Å². The molecule has 0 heterocycles. The van der Waals surface area contributed by atoms with Crippen LogP contribution in [-0.4, -0.2) is 92.0 Å². The predicted molar refractivity (Wildman–Crippen MR) is 152 cm³/mol. The number of hydrogen-bond donors (Lipinski definition) is 0. The van der Waals surface area contributed by atoms with Crippen LogP contribution in [-0.2, 0) is 14.4 Å². The average molecular weight is 488 g/mol. The number of hydrogen-bond acceptors (Lipinski definition) is 6. The molecule has 0 aliphatic heterocycles. The molecule has 0 amide bonds. The smallest absolute Gasteiger partial charge is 0.143 e. The van der Waals surface area contributed by atoms with E-state index in [0.717, 1.165) is 45.8 Å². The fourth-order valence-electron chi connectivity index (χ4n) is 2.82. The van der Waals surface area contributed by atoms with E-state index in [-0.39, 0.29) is 11.6 Å². The molecule has 0 rings (SSSR count). The Kier molecular flexibility index (Phi) is 45.5. The highest BCUT2D eigenvalue weighted by molar-refractivity contribution is 5.80. The van der Waals surface area contributed by atoms with Crippen molar-refractivity contribution in [2.45, 2.75) is 89.5 Å². The summed E-state index contributed by atoms with van der Waals surface area (Å²) < 4.78 is 0. The fourth-order valence-corrected chi connectivity index (χ4v) is 2.82. The summed E-state index contributed by atoms with van der Waals surface area (Å²) in [5.74, 6) is 0.903. The summed E-state index contributed by atoms with van der Waals surface area (Å²) in [7, 11) is 0. The minimum Gasteiger partial charge on any atom is -0.307 e. The van der Waals surface area contributed by atoms with E-state index in [0.29, 0.717) is 19.0 Å². The summed E-state index contributed by atoms with van der Waals surface area (Å²) in [6, 6.07) is 0. The maximum Gasteiger partial charge on any atom is 0.143 e. The molecule has 0 aromatic rings. The summed E-state index contributed by atoms with van der Waals surface area (Å²) in [6.07, 6.45) is 5.46. The minimum absolute atomic E-state index is 0.114. The van der Waals surface area contributed by atoms with Crippen molar-refractivity contribution >= 4 is 18.4 Å². The van der Waals surface area contributed by atoms with Crippen LogP contribution in [0.5, 0.6) is 0 Å². The Morgan fingerprint density at radius 2 is 1.12 bits per heavy atom. The molecule has 0 unspecified atom stereocenters. The number of likely N-dealkylation sites (N-methyl/N-ethyl adjacent to an activating group) is 1. The molecule has 0 radical (unpaired) electrons. The summed E-state index contributed by atoms with van der Waals surface area (Å²) in [6.45, 7) is 33.5. The van der Waals surface area contributed by atoms with Crippen LogP contribution >= 0.6 is 0 Å². The Labute approximate surface area is 214 Å². The predicted octanol–water partition coefficient (Wildman–Crippen LogP) is 5.61. The lowest BCUT2D eigenvalue weighted by Crippen LogP contribution is -2.42. The summed E-state index contributed by atoms with van der Waals surface area (Å²) >= 11 is 0. The molecule has 0 atom stereocenters. The highest BCUT2D eigenvalue weighted by atomic mass is 16.1. The van der Waals surface area contributed by atoms with Crippen LogP contribution in [0, 0.1) is 5.92 Å². The van der Waals surface area contributed by atoms with Gasteiger partial charge >= 0.3 is 0 Å². The van der Waals surface area contributed by atoms with Gasteiger partial charge in [-0.1, -0.05) is 74.5 Å². The van der Waals surface area contributed by atoms with Gasteiger partial charge in [0.1, 0.15) is 18.4 Å². The molecule has 0 aromatic carbocycles. The van der Waals surface area contributed by atoms with Gasteiger partial charge < -0.3 is 9.69 Å². The van der Waals surface area contributed by atoms with Crippen LogP contribution in [0.25, 0.3) is 0 Å². The summed E-state index contributed by atoms with van der Waals surface area (Å²) in [5.41, 5.74) is 0. The third-order valence-corrected chi connectivity index (χ3v) is 4.43. The maximum atomic E-state index is 11.5. The molecular formula is C28H61N3O3. The number of nitrogens with zero attached hydrogens (tertiary/aromatic N) is 3. The van der Waals surface area contributed by atoms with Crippen molar-refractivity contribution in [2.24, 2.45) is 5.92 Å². The molecule has 0 aliphatic rings. The minimum atomic E-state index is 0.114. The lowest BCUT2D eigenvalue weighted by atomic mass is 10.1. The summed E-state index contributed by atoms with van der Waals surface area (Å²) in [4.78, 5) is 37.8. The first-order valence-electron chi connectivity index (χ1n) is 13.3. The molecular weight excluding hydrogens is 426 g/mol. The Bertz CT molecular complexity index is 425. The van der Waals surface area contributed by atoms with Crippen LogP contribution in [0.2, 0.25) is 0 Å². The van der Waals surface area contributed by atoms with Crippen LogP contribution in [0.15, 0.2) is 12.2 Å². The number of rotatable bonds is 16. The zero-order valence-corrected chi connectivity index (χ0v) is 25.1. The highest BCUT2D eigenvalue weighted by Gasteiger charge is 2.14. The van der Waals surface area contributed by atoms with Gasteiger partial charge in [0.05, 0.1) is 13.1 Å². The van der Waals surface area contributed by atoms with Crippen molar-refractivity contribution in [3.05, 3.63) is 12.2 Å². The second-order valence-electron chi connectivity index (χ2n) is 7.60. The van der Waals surface area contributed by atoms with Gasteiger partial charge in [-0.25, -0.2) is 0 Å². The molecule has 0 spiro atoms. The van der Waals surface area contributed by atoms with Gasteiger partial charge in [0.2, 0.25) is 0 Å². The molecule has 0 fully saturated rings. The van der Waals surface area contributed by atoms with Crippen molar-refractivity contribution in [2.75, 3.05) is 58.9 Å². The topological polar surface area (TPSA) is 60.9 Å². The monoisotopic (exact) mass is 487 g/mol. The van der Waals surface area contributed by atoms with Gasteiger partial charge in [-0.05, 0) is 46.2 Å². The highest BCUT2D eigenvalue weighted by Crippen LogP contribution is 2.04. The first kappa shape index (κ1) is 42.8. The molecule has 0 bridgehead atoms. The van der Waals surface area contributed by atoms with Crippen LogP contribution in [0.4, 0.5) is 0 Å². The zero-order valence-electron chi connectivity index (χ0n) is 25.1. The Hall–Kier alpha value is -1.37. The normalized spacial score (nSPS) is 10.0. The standard InChI is InChI=1S/C21H41N3O2.3C2H6.CH2O/c1-7-9-11-22(8-2)13-14-23(12-10-19(3)4)15-16-24(17-20(5)25)18-21(6)26;4*1-2/h7,9,19H,8,10-18H2,1-6H3;3*1-2H3;1H2/b9-7-;;;;. The maximum absolute atomic E-state index is 11.5. The van der Waals surface area contributed by atoms with E-state index in [2.05, 4.69) is 49.6 Å². The molecule has 0 saturated carbocycles. The first-order chi connectivity index (χ1) is 16.3. The van der Waals surface area contributed by atoms with E-state index >= 15 is 0 Å². The molecule has 0 saturated heterocycles. The average Bonchev–Trinajstić information content (AvgIpc) is 2.84. The zero-order chi connectivity index (χ0) is 27.9. The van der Waals surface area contributed by atoms with Crippen molar-refractivity contribution in [3.63, 3.8) is 0 Å². The molecule has 34 heavy (non-hydrogen) atoms. The van der Waals surface area contributed by atoms with Crippen molar-refractivity contribution in [1.82, 2.24) is 14.7 Å². The van der Waals surface area contributed by atoms with Crippen molar-refractivity contribution in [1.29, 1.82) is 0 Å². The molecule has 0 N–H and O–H groups in total. The van der Waals surface area contributed by atoms with E-state index < -0.39 is 0 Å². The molecule has 6 heteroatoms. The van der Waals surface area contributed by atoms with E-state index in [1.54, 1.807) is 13.8 Å². The Morgan fingerprint density at radius 1 is 0.735 bits per heavy atom. The van der Waals surface area contributed by atoms with Gasteiger partial charge in [-0.2, -0.15) is 0 Å². The number of allylic oxidation sites excluding steroid dienone is 1. The second kappa shape index (κ2) is 36.2. The van der Waals surface area contributed by atoms with E-state index in [1.807, 2.05) is 53.2 Å². The van der Waals surface area contributed by atoms with Crippen LogP contribution in [0.1, 0.15) is 89.5 Å². The Morgan fingerprint density at radius 3 is 1.44 bits per heavy atom. The van der Waals surface area contributed by atoms with Gasteiger partial charge in [-0.15, -0.1) is 0 Å². The van der Waals surface area contributed by atoms with E-state index in [4.69, 9.17) is 4.79 Å². The van der Waals surface area contributed by atoms with E-state index in [1.165, 1.54) is 6.42 Å². The van der Waals surface area contributed by atoms with E-state index in [9.17, 15) is 9.59 Å². The third kappa shape index (κ3) is 35.2. The number of carbonyl (C=O) groups is 3. The second-order valence-corrected chi connectivity index (χ2v) is 7.60. The quantitative estimate of drug-likeness (QED) is 0.264. The van der Waals surface area contributed by atoms with Gasteiger partial charge in [0, 0.05) is 32.7 Å². The largest absolute Gasteiger partial charge is 0.307 e. The lowest BCUT2D eigenvalue weighted by Gasteiger charge is -2.29. The molecule has 206 valence electrons. The van der Waals surface area contributed by atoms with Gasteiger partial charge in [0.25, 0.3) is 0 Å².